The van der Waals surface area contributed by atoms with Crippen LogP contribution in [0.25, 0.3) is 11.1 Å². The summed E-state index contributed by atoms with van der Waals surface area (Å²) in [5, 5.41) is -1.95. The summed E-state index contributed by atoms with van der Waals surface area (Å²) in [6.45, 7) is 0. The molecule has 0 saturated carbocycles. The number of thiophene rings is 1. The molecule has 2 N–H and O–H groups in total. The van der Waals surface area contributed by atoms with Crippen LogP contribution >= 0.6 is 11.3 Å². The lowest BCUT2D eigenvalue weighted by Gasteiger charge is -2.13. The molecule has 120 valence electrons. The number of hydrogen-bond donors (Lipinski definition) is 1. The molecule has 0 fully saturated rings. The second-order valence-corrected chi connectivity index (χ2v) is 4.93. The van der Waals surface area contributed by atoms with E-state index in [2.05, 4.69) is 5.73 Å². The van der Waals surface area contributed by atoms with Crippen molar-refractivity contribution >= 4 is 11.3 Å². The molecule has 0 bridgehead atoms. The number of alkyl halides is 2. The van der Waals surface area contributed by atoms with Crippen molar-refractivity contribution in [1.29, 1.82) is 0 Å². The minimum Gasteiger partial charge on any atom is -0.267 e. The highest BCUT2D eigenvalue weighted by Crippen LogP contribution is 2.44. The molecule has 0 atom stereocenters. The van der Waals surface area contributed by atoms with Crippen LogP contribution in [-0.2, 0) is 6.05 Å². The predicted molar refractivity (Wildman–Crippen MR) is 57.5 cm³/mol. The fourth-order valence-corrected chi connectivity index (χ4v) is 2.47. The molecule has 0 unspecified atom stereocenters. The molecule has 1 aromatic carbocycles. The van der Waals surface area contributed by atoms with E-state index in [9.17, 15) is 39.5 Å². The number of benzene rings is 1. The normalized spacial score (nSPS) is 12.1. The Hall–Kier alpha value is -1.75. The molecule has 2 rings (SSSR count). The van der Waals surface area contributed by atoms with Crippen molar-refractivity contribution in [2.75, 3.05) is 0 Å². The number of rotatable bonds is 2. The molecule has 1 nitrogen and oxygen atoms in total. The van der Waals surface area contributed by atoms with Crippen LogP contribution in [0.5, 0.6) is 0 Å². The highest BCUT2D eigenvalue weighted by Gasteiger charge is 2.39. The highest BCUT2D eigenvalue weighted by molar-refractivity contribution is 7.11. The van der Waals surface area contributed by atoms with Crippen LogP contribution < -0.4 is 5.73 Å². The lowest BCUT2D eigenvalue weighted by atomic mass is 10.0. The van der Waals surface area contributed by atoms with Crippen LogP contribution in [0.3, 0.4) is 0 Å². The minimum atomic E-state index is -4.47. The molecular weight excluding hydrogens is 349 g/mol. The highest BCUT2D eigenvalue weighted by atomic mass is 32.1. The van der Waals surface area contributed by atoms with Crippen molar-refractivity contribution in [2.45, 2.75) is 6.05 Å². The van der Waals surface area contributed by atoms with E-state index in [-0.39, 0.29) is 0 Å². The van der Waals surface area contributed by atoms with Gasteiger partial charge in [-0.2, -0.15) is 13.2 Å². The van der Waals surface area contributed by atoms with Crippen molar-refractivity contribution < 1.29 is 39.5 Å². The van der Waals surface area contributed by atoms with Gasteiger partial charge in [-0.1, -0.05) is 11.3 Å². The molecule has 0 aliphatic carbocycles. The Morgan fingerprint density at radius 1 is 0.636 bits per heavy atom. The van der Waals surface area contributed by atoms with Gasteiger partial charge in [0.1, 0.15) is 4.88 Å². The Morgan fingerprint density at radius 2 is 1.05 bits per heavy atom. The summed E-state index contributed by atoms with van der Waals surface area (Å²) in [4.78, 5) is -1.72. The average Bonchev–Trinajstić information content (AvgIpc) is 2.72. The van der Waals surface area contributed by atoms with Crippen molar-refractivity contribution in [1.82, 2.24) is 0 Å². The Kier molecular flexibility index (Phi) is 3.90. The van der Waals surface area contributed by atoms with Crippen molar-refractivity contribution in [3.05, 3.63) is 44.9 Å². The third kappa shape index (κ3) is 2.33. The van der Waals surface area contributed by atoms with Gasteiger partial charge in [-0.05, 0) is 0 Å². The summed E-state index contributed by atoms with van der Waals surface area (Å²) in [6.07, 6.45) is 0. The van der Waals surface area contributed by atoms with Gasteiger partial charge in [-0.25, -0.2) is 26.3 Å². The van der Waals surface area contributed by atoms with Gasteiger partial charge >= 0.3 is 6.05 Å². The quantitative estimate of drug-likeness (QED) is 0.369. The Morgan fingerprint density at radius 3 is 1.45 bits per heavy atom. The maximum atomic E-state index is 13.6. The van der Waals surface area contributed by atoms with E-state index in [0.717, 1.165) is 0 Å². The second-order valence-electron chi connectivity index (χ2n) is 3.96. The first-order chi connectivity index (χ1) is 9.98. The summed E-state index contributed by atoms with van der Waals surface area (Å²) < 4.78 is 119. The number of hydrogen-bond acceptors (Lipinski definition) is 2. The Bertz CT molecular complexity index is 733. The lowest BCUT2D eigenvalue weighted by Crippen LogP contribution is -2.25. The third-order valence-electron chi connectivity index (χ3n) is 2.57. The zero-order valence-electron chi connectivity index (χ0n) is 9.89. The molecule has 0 aliphatic heterocycles. The molecule has 22 heavy (non-hydrogen) atoms. The summed E-state index contributed by atoms with van der Waals surface area (Å²) in [7, 11) is 0. The van der Waals surface area contributed by atoms with Crippen LogP contribution in [0.15, 0.2) is 0 Å². The summed E-state index contributed by atoms with van der Waals surface area (Å²) in [6, 6.07) is -4.47. The van der Waals surface area contributed by atoms with E-state index < -0.39 is 73.4 Å². The smallest absolute Gasteiger partial charge is 0.267 e. The van der Waals surface area contributed by atoms with E-state index >= 15 is 0 Å². The third-order valence-corrected chi connectivity index (χ3v) is 3.61. The zero-order chi connectivity index (χ0) is 17.0. The van der Waals surface area contributed by atoms with Gasteiger partial charge in [-0.3, -0.25) is 5.73 Å². The molecular formula is C11H2F9NS. The largest absolute Gasteiger partial charge is 0.336 e. The first-order valence-electron chi connectivity index (χ1n) is 5.15. The van der Waals surface area contributed by atoms with Crippen LogP contribution in [0.4, 0.5) is 39.5 Å². The number of halogens is 9. The summed E-state index contributed by atoms with van der Waals surface area (Å²) >= 11 is -0.613. The van der Waals surface area contributed by atoms with Crippen molar-refractivity contribution in [2.24, 2.45) is 5.73 Å². The van der Waals surface area contributed by atoms with Crippen molar-refractivity contribution in [3.63, 3.8) is 0 Å². The van der Waals surface area contributed by atoms with E-state index in [4.69, 9.17) is 0 Å². The molecule has 0 saturated heterocycles. The van der Waals surface area contributed by atoms with Gasteiger partial charge < -0.3 is 0 Å². The van der Waals surface area contributed by atoms with Crippen LogP contribution in [0.2, 0.25) is 0 Å². The Balaban J connectivity index is 2.96. The first kappa shape index (κ1) is 16.6. The second kappa shape index (κ2) is 5.16. The number of nitrogens with two attached hydrogens (primary N) is 1. The van der Waals surface area contributed by atoms with Gasteiger partial charge in [0.25, 0.3) is 0 Å². The summed E-state index contributed by atoms with van der Waals surface area (Å²) in [5.41, 5.74) is 0.484. The molecule has 0 radical (unpaired) electrons. The van der Waals surface area contributed by atoms with Crippen LogP contribution in [0.1, 0.15) is 4.88 Å². The predicted octanol–water partition coefficient (Wildman–Crippen LogP) is 4.40. The molecule has 2 aromatic rings. The summed E-state index contributed by atoms with van der Waals surface area (Å²) in [5.74, 6) is -14.9. The molecule has 1 aromatic heterocycles. The first-order valence-corrected chi connectivity index (χ1v) is 5.96. The average molecular weight is 351 g/mol. The molecule has 0 aliphatic rings. The van der Waals surface area contributed by atoms with E-state index in [1.54, 1.807) is 0 Å². The van der Waals surface area contributed by atoms with Gasteiger partial charge in [-0.15, -0.1) is 0 Å². The Labute approximate surface area is 119 Å². The molecule has 0 amide bonds. The fraction of sp³-hybridized carbons (Fsp3) is 0.0909. The van der Waals surface area contributed by atoms with Gasteiger partial charge in [0.15, 0.2) is 29.1 Å². The molecule has 1 heterocycles. The van der Waals surface area contributed by atoms with Crippen LogP contribution in [0, 0.1) is 40.0 Å². The monoisotopic (exact) mass is 351 g/mol. The van der Waals surface area contributed by atoms with E-state index in [1.165, 1.54) is 0 Å². The zero-order valence-corrected chi connectivity index (χ0v) is 10.7. The van der Waals surface area contributed by atoms with E-state index in [0.29, 0.717) is 0 Å². The van der Waals surface area contributed by atoms with Gasteiger partial charge in [0.05, 0.1) is 5.56 Å². The standard InChI is InChI=1S/C11H2F9NS/c12-3-1(4(13)7(16)8(17)6(3)15)2-5(14)10(18)22-9(2)11(19,20)21/h21H2. The lowest BCUT2D eigenvalue weighted by molar-refractivity contribution is 0.00732. The molecule has 0 spiro atoms. The van der Waals surface area contributed by atoms with Gasteiger partial charge in [0.2, 0.25) is 10.9 Å². The van der Waals surface area contributed by atoms with Gasteiger partial charge in [0, 0.05) is 5.56 Å². The minimum absolute atomic E-state index is 0.613. The molecule has 11 heteroatoms. The maximum absolute atomic E-state index is 13.6. The van der Waals surface area contributed by atoms with E-state index in [1.807, 2.05) is 0 Å². The fourth-order valence-electron chi connectivity index (χ4n) is 1.67. The van der Waals surface area contributed by atoms with Crippen molar-refractivity contribution in [3.8, 4) is 11.1 Å². The SMILES string of the molecule is NC(F)(F)c1sc(F)c(F)c1-c1c(F)c(F)c(F)c(F)c1F. The topological polar surface area (TPSA) is 26.0 Å². The maximum Gasteiger partial charge on any atom is 0.336 e. The van der Waals surface area contributed by atoms with Crippen LogP contribution in [-0.4, -0.2) is 0 Å².